The van der Waals surface area contributed by atoms with Gasteiger partial charge in [0.25, 0.3) is 0 Å². The highest BCUT2D eigenvalue weighted by Gasteiger charge is 2.28. The van der Waals surface area contributed by atoms with Gasteiger partial charge in [-0.2, -0.15) is 0 Å². The van der Waals surface area contributed by atoms with Crippen molar-refractivity contribution in [3.8, 4) is 0 Å². The van der Waals surface area contributed by atoms with Gasteiger partial charge in [0.05, 0.1) is 6.61 Å². The summed E-state index contributed by atoms with van der Waals surface area (Å²) >= 11 is 0. The summed E-state index contributed by atoms with van der Waals surface area (Å²) < 4.78 is 14.0. The van der Waals surface area contributed by atoms with E-state index >= 15 is 0 Å². The number of carbonyl (C=O) groups is 1. The second-order valence-electron chi connectivity index (χ2n) is 4.95. The van der Waals surface area contributed by atoms with Gasteiger partial charge in [-0.3, -0.25) is 4.90 Å². The largest absolute Gasteiger partial charge is 0.478 e. The van der Waals surface area contributed by atoms with E-state index in [1.165, 1.54) is 12.1 Å². The molecule has 0 aromatic heterocycles. The fourth-order valence-electron chi connectivity index (χ4n) is 2.14. The van der Waals surface area contributed by atoms with Crippen LogP contribution in [0.4, 0.5) is 4.39 Å². The molecule has 4 nitrogen and oxygen atoms in total. The van der Waals surface area contributed by atoms with Crippen molar-refractivity contribution < 1.29 is 19.4 Å². The monoisotopic (exact) mass is 279 g/mol. The number of hydrogen-bond acceptors (Lipinski definition) is 3. The number of carboxylic acids is 1. The van der Waals surface area contributed by atoms with Gasteiger partial charge in [-0.25, -0.2) is 9.18 Å². The molecule has 20 heavy (non-hydrogen) atoms. The lowest BCUT2D eigenvalue weighted by Crippen LogP contribution is -2.29. The molecule has 108 valence electrons. The van der Waals surface area contributed by atoms with Gasteiger partial charge < -0.3 is 10.2 Å². The third kappa shape index (κ3) is 4.15. The Morgan fingerprint density at radius 3 is 2.75 bits per heavy atom. The smallest absolute Gasteiger partial charge is 0.328 e. The van der Waals surface area contributed by atoms with Crippen LogP contribution in [0.2, 0.25) is 0 Å². The molecule has 0 unspecified atom stereocenters. The van der Waals surface area contributed by atoms with Crippen molar-refractivity contribution in [1.29, 1.82) is 0 Å². The number of nitrogens with zero attached hydrogens (tertiary/aromatic N) is 1. The molecular formula is C15H18FNO3. The molecule has 0 aliphatic heterocycles. The van der Waals surface area contributed by atoms with Crippen LogP contribution in [0.5, 0.6) is 0 Å². The minimum atomic E-state index is -1.06. The van der Waals surface area contributed by atoms with Crippen LogP contribution in [0, 0.1) is 5.82 Å². The van der Waals surface area contributed by atoms with Gasteiger partial charge in [-0.05, 0) is 30.5 Å². The summed E-state index contributed by atoms with van der Waals surface area (Å²) in [6.07, 6.45) is 4.54. The summed E-state index contributed by atoms with van der Waals surface area (Å²) in [5.74, 6) is -1.40. The van der Waals surface area contributed by atoms with Crippen LogP contribution in [-0.2, 0) is 11.3 Å². The first-order chi connectivity index (χ1) is 9.60. The summed E-state index contributed by atoms with van der Waals surface area (Å²) in [6.45, 7) is 1.09. The van der Waals surface area contributed by atoms with E-state index in [2.05, 4.69) is 4.90 Å². The highest BCUT2D eigenvalue weighted by molar-refractivity contribution is 5.85. The molecule has 1 aliphatic rings. The third-order valence-electron chi connectivity index (χ3n) is 3.32. The molecule has 1 saturated carbocycles. The van der Waals surface area contributed by atoms with Crippen molar-refractivity contribution in [2.75, 3.05) is 13.2 Å². The molecule has 0 bridgehead atoms. The van der Waals surface area contributed by atoms with Gasteiger partial charge >= 0.3 is 5.97 Å². The SMILES string of the molecule is O=C(O)C=Cc1ccc(CN(CCO)C2CC2)c(F)c1. The molecule has 0 saturated heterocycles. The fraction of sp³-hybridized carbons (Fsp3) is 0.400. The highest BCUT2D eigenvalue weighted by Crippen LogP contribution is 2.28. The van der Waals surface area contributed by atoms with Crippen molar-refractivity contribution >= 4 is 12.0 Å². The number of hydrogen-bond donors (Lipinski definition) is 2. The summed E-state index contributed by atoms with van der Waals surface area (Å²) in [4.78, 5) is 12.5. The van der Waals surface area contributed by atoms with Crippen LogP contribution in [0.25, 0.3) is 6.08 Å². The van der Waals surface area contributed by atoms with E-state index in [0.29, 0.717) is 30.3 Å². The molecule has 0 atom stereocenters. The molecule has 0 amide bonds. The summed E-state index contributed by atoms with van der Waals surface area (Å²) in [5.41, 5.74) is 1.09. The van der Waals surface area contributed by atoms with E-state index < -0.39 is 5.97 Å². The summed E-state index contributed by atoms with van der Waals surface area (Å²) in [6, 6.07) is 5.15. The maximum absolute atomic E-state index is 14.0. The van der Waals surface area contributed by atoms with E-state index in [9.17, 15) is 9.18 Å². The van der Waals surface area contributed by atoms with Gasteiger partial charge in [-0.15, -0.1) is 0 Å². The minimum absolute atomic E-state index is 0.0670. The third-order valence-corrected chi connectivity index (χ3v) is 3.32. The minimum Gasteiger partial charge on any atom is -0.478 e. The molecule has 1 aromatic rings. The molecule has 0 radical (unpaired) electrons. The maximum atomic E-state index is 14.0. The number of carboxylic acid groups (broad SMARTS) is 1. The second kappa shape index (κ2) is 6.63. The first kappa shape index (κ1) is 14.7. The fourth-order valence-corrected chi connectivity index (χ4v) is 2.14. The molecule has 1 aliphatic carbocycles. The number of aliphatic hydroxyl groups is 1. The van der Waals surface area contributed by atoms with Crippen molar-refractivity contribution in [2.45, 2.75) is 25.4 Å². The standard InChI is InChI=1S/C15H18FNO3/c16-14-9-11(2-6-15(19)20)1-3-12(14)10-17(7-8-18)13-4-5-13/h1-3,6,9,13,18H,4-5,7-8,10H2,(H,19,20). The molecule has 2 N–H and O–H groups in total. The Hall–Kier alpha value is -1.72. The number of halogens is 1. The molecule has 1 fully saturated rings. The summed E-state index contributed by atoms with van der Waals surface area (Å²) in [5, 5.41) is 17.6. The normalized spacial score (nSPS) is 15.2. The van der Waals surface area contributed by atoms with Gasteiger partial charge in [0, 0.05) is 30.8 Å². The average Bonchev–Trinajstić information content (AvgIpc) is 3.22. The van der Waals surface area contributed by atoms with E-state index in [-0.39, 0.29) is 12.4 Å². The van der Waals surface area contributed by atoms with Crippen molar-refractivity contribution in [2.24, 2.45) is 0 Å². The van der Waals surface area contributed by atoms with Crippen molar-refractivity contribution in [3.05, 3.63) is 41.2 Å². The average molecular weight is 279 g/mol. The van der Waals surface area contributed by atoms with Crippen LogP contribution >= 0.6 is 0 Å². The van der Waals surface area contributed by atoms with Crippen molar-refractivity contribution in [1.82, 2.24) is 4.90 Å². The zero-order valence-corrected chi connectivity index (χ0v) is 11.1. The second-order valence-corrected chi connectivity index (χ2v) is 4.95. The van der Waals surface area contributed by atoms with Crippen LogP contribution < -0.4 is 0 Å². The van der Waals surface area contributed by atoms with Gasteiger partial charge in [0.2, 0.25) is 0 Å². The zero-order valence-electron chi connectivity index (χ0n) is 11.1. The van der Waals surface area contributed by atoms with E-state index in [1.807, 2.05) is 0 Å². The molecule has 0 spiro atoms. The zero-order chi connectivity index (χ0) is 14.5. The number of benzene rings is 1. The van der Waals surface area contributed by atoms with E-state index in [4.69, 9.17) is 10.2 Å². The molecular weight excluding hydrogens is 261 g/mol. The molecule has 1 aromatic carbocycles. The Bertz CT molecular complexity index is 512. The Labute approximate surface area is 117 Å². The molecule has 2 rings (SSSR count). The Morgan fingerprint density at radius 2 is 2.20 bits per heavy atom. The highest BCUT2D eigenvalue weighted by atomic mass is 19.1. The van der Waals surface area contributed by atoms with Crippen LogP contribution in [0.15, 0.2) is 24.3 Å². The van der Waals surface area contributed by atoms with Crippen molar-refractivity contribution in [3.63, 3.8) is 0 Å². The first-order valence-corrected chi connectivity index (χ1v) is 6.64. The molecule has 5 heteroatoms. The van der Waals surface area contributed by atoms with Gasteiger partial charge in [0.15, 0.2) is 0 Å². The lowest BCUT2D eigenvalue weighted by atomic mass is 10.1. The Morgan fingerprint density at radius 1 is 1.45 bits per heavy atom. The maximum Gasteiger partial charge on any atom is 0.328 e. The topological polar surface area (TPSA) is 60.8 Å². The number of rotatable bonds is 7. The lowest BCUT2D eigenvalue weighted by Gasteiger charge is -2.21. The predicted octanol–water partition coefficient (Wildman–Crippen LogP) is 1.88. The number of aliphatic hydroxyl groups excluding tert-OH is 1. The molecule has 0 heterocycles. The van der Waals surface area contributed by atoms with Gasteiger partial charge in [-0.1, -0.05) is 12.1 Å². The summed E-state index contributed by atoms with van der Waals surface area (Å²) in [7, 11) is 0. The first-order valence-electron chi connectivity index (χ1n) is 6.64. The Kier molecular flexibility index (Phi) is 4.87. The van der Waals surface area contributed by atoms with E-state index in [1.54, 1.807) is 12.1 Å². The Balaban J connectivity index is 2.06. The quantitative estimate of drug-likeness (QED) is 0.748. The van der Waals surface area contributed by atoms with Crippen LogP contribution in [0.1, 0.15) is 24.0 Å². The van der Waals surface area contributed by atoms with Crippen LogP contribution in [0.3, 0.4) is 0 Å². The van der Waals surface area contributed by atoms with E-state index in [0.717, 1.165) is 18.9 Å². The predicted molar refractivity (Wildman–Crippen MR) is 73.6 cm³/mol. The number of aliphatic carboxylic acids is 1. The van der Waals surface area contributed by atoms with Gasteiger partial charge in [0.1, 0.15) is 5.82 Å². The lowest BCUT2D eigenvalue weighted by molar-refractivity contribution is -0.131. The van der Waals surface area contributed by atoms with Crippen LogP contribution in [-0.4, -0.2) is 40.3 Å².